The van der Waals surface area contributed by atoms with Crippen LogP contribution in [0.2, 0.25) is 0 Å². The molecule has 7 nitrogen and oxygen atoms in total. The zero-order valence-corrected chi connectivity index (χ0v) is 12.7. The highest BCUT2D eigenvalue weighted by atomic mass is 16.5. The van der Waals surface area contributed by atoms with Crippen LogP contribution in [0.1, 0.15) is 11.1 Å². The van der Waals surface area contributed by atoms with Gasteiger partial charge in [0.15, 0.2) is 11.5 Å². The highest BCUT2D eigenvalue weighted by molar-refractivity contribution is 5.80. The third kappa shape index (κ3) is 4.91. The fourth-order valence-corrected chi connectivity index (χ4v) is 2.04. The maximum absolute atomic E-state index is 11.8. The second-order valence-electron chi connectivity index (χ2n) is 5.12. The standard InChI is InChI=1S/C17H17NO6/c19-14-7-6-12(9-15(14)20)8-13(16(21)22)18-17(23)24-10-11-4-2-1-3-5-11/h1-7,9,13,19-20H,8,10H2,(H,18,23)(H,21,22)/t13-/m0/s1. The smallest absolute Gasteiger partial charge is 0.408 e. The van der Waals surface area contributed by atoms with E-state index in [0.29, 0.717) is 5.56 Å². The minimum atomic E-state index is -1.24. The highest BCUT2D eigenvalue weighted by Crippen LogP contribution is 2.25. The number of phenols is 2. The van der Waals surface area contributed by atoms with E-state index in [2.05, 4.69) is 5.32 Å². The molecular formula is C17H17NO6. The zero-order chi connectivity index (χ0) is 17.5. The number of carboxylic acid groups (broad SMARTS) is 1. The summed E-state index contributed by atoms with van der Waals surface area (Å²) in [4.78, 5) is 23.0. The molecule has 0 aliphatic carbocycles. The van der Waals surface area contributed by atoms with Crippen molar-refractivity contribution in [2.45, 2.75) is 19.1 Å². The molecule has 0 bridgehead atoms. The van der Waals surface area contributed by atoms with Crippen molar-refractivity contribution >= 4 is 12.1 Å². The van der Waals surface area contributed by atoms with Crippen LogP contribution >= 0.6 is 0 Å². The zero-order valence-electron chi connectivity index (χ0n) is 12.7. The van der Waals surface area contributed by atoms with Crippen LogP contribution < -0.4 is 5.32 Å². The third-order valence-electron chi connectivity index (χ3n) is 3.28. The predicted molar refractivity (Wildman–Crippen MR) is 84.7 cm³/mol. The van der Waals surface area contributed by atoms with Crippen molar-refractivity contribution in [1.29, 1.82) is 0 Å². The second kappa shape index (κ2) is 7.87. The lowest BCUT2D eigenvalue weighted by atomic mass is 10.1. The van der Waals surface area contributed by atoms with Crippen LogP contribution in [0.4, 0.5) is 4.79 Å². The maximum Gasteiger partial charge on any atom is 0.408 e. The van der Waals surface area contributed by atoms with E-state index in [-0.39, 0.29) is 24.5 Å². The fraction of sp³-hybridized carbons (Fsp3) is 0.176. The molecule has 2 rings (SSSR count). The molecule has 0 saturated carbocycles. The van der Waals surface area contributed by atoms with Gasteiger partial charge in [0.05, 0.1) is 0 Å². The van der Waals surface area contributed by atoms with Gasteiger partial charge in [0, 0.05) is 6.42 Å². The summed E-state index contributed by atoms with van der Waals surface area (Å²) in [5.41, 5.74) is 1.23. The van der Waals surface area contributed by atoms with Gasteiger partial charge in [0.2, 0.25) is 0 Å². The monoisotopic (exact) mass is 331 g/mol. The van der Waals surface area contributed by atoms with Crippen LogP contribution in [-0.2, 0) is 22.6 Å². The largest absolute Gasteiger partial charge is 0.504 e. The normalized spacial score (nSPS) is 11.5. The number of benzene rings is 2. The Morgan fingerprint density at radius 2 is 1.71 bits per heavy atom. The van der Waals surface area contributed by atoms with Crippen LogP contribution in [0.3, 0.4) is 0 Å². The molecule has 0 saturated heterocycles. The lowest BCUT2D eigenvalue weighted by Crippen LogP contribution is -2.42. The average molecular weight is 331 g/mol. The summed E-state index contributed by atoms with van der Waals surface area (Å²) in [5, 5.41) is 30.2. The molecule has 0 fully saturated rings. The molecule has 0 aliphatic rings. The maximum atomic E-state index is 11.8. The van der Waals surface area contributed by atoms with Gasteiger partial charge in [-0.1, -0.05) is 36.4 Å². The Labute approximate surface area is 138 Å². The van der Waals surface area contributed by atoms with E-state index in [1.807, 2.05) is 6.07 Å². The molecule has 4 N–H and O–H groups in total. The average Bonchev–Trinajstić information content (AvgIpc) is 2.56. The summed E-state index contributed by atoms with van der Waals surface area (Å²) in [7, 11) is 0. The van der Waals surface area contributed by atoms with Crippen molar-refractivity contribution in [3.8, 4) is 11.5 Å². The molecule has 1 atom stereocenters. The lowest BCUT2D eigenvalue weighted by Gasteiger charge is -2.15. The van der Waals surface area contributed by atoms with E-state index >= 15 is 0 Å². The van der Waals surface area contributed by atoms with E-state index in [4.69, 9.17) is 4.74 Å². The molecule has 2 aromatic rings. The Hall–Kier alpha value is -3.22. The second-order valence-corrected chi connectivity index (χ2v) is 5.12. The molecule has 126 valence electrons. The summed E-state index contributed by atoms with van der Waals surface area (Å²) in [6.45, 7) is 0.0268. The van der Waals surface area contributed by atoms with Crippen LogP contribution in [0.15, 0.2) is 48.5 Å². The number of carbonyl (C=O) groups is 2. The molecule has 0 heterocycles. The lowest BCUT2D eigenvalue weighted by molar-refractivity contribution is -0.139. The van der Waals surface area contributed by atoms with Crippen molar-refractivity contribution in [1.82, 2.24) is 5.32 Å². The summed E-state index contributed by atoms with van der Waals surface area (Å²) in [5.74, 6) is -1.90. The van der Waals surface area contributed by atoms with Gasteiger partial charge in [-0.15, -0.1) is 0 Å². The number of rotatable bonds is 6. The van der Waals surface area contributed by atoms with Crippen molar-refractivity contribution in [2.24, 2.45) is 0 Å². The van der Waals surface area contributed by atoms with E-state index in [1.54, 1.807) is 24.3 Å². The molecule has 2 aromatic carbocycles. The van der Waals surface area contributed by atoms with Gasteiger partial charge in [-0.25, -0.2) is 9.59 Å². The summed E-state index contributed by atoms with van der Waals surface area (Å²) >= 11 is 0. The minimum Gasteiger partial charge on any atom is -0.504 e. The summed E-state index contributed by atoms with van der Waals surface area (Å²) < 4.78 is 4.99. The molecule has 0 unspecified atom stereocenters. The van der Waals surface area contributed by atoms with Gasteiger partial charge in [-0.05, 0) is 23.3 Å². The number of nitrogens with one attached hydrogen (secondary N) is 1. The van der Waals surface area contributed by atoms with E-state index < -0.39 is 18.1 Å². The number of aliphatic carboxylic acids is 1. The number of carboxylic acids is 1. The topological polar surface area (TPSA) is 116 Å². The Bertz CT molecular complexity index is 716. The number of aromatic hydroxyl groups is 2. The van der Waals surface area contributed by atoms with Gasteiger partial charge < -0.3 is 25.4 Å². The molecule has 0 aromatic heterocycles. The van der Waals surface area contributed by atoms with E-state index in [1.165, 1.54) is 18.2 Å². The fourth-order valence-electron chi connectivity index (χ4n) is 2.04. The van der Waals surface area contributed by atoms with Gasteiger partial charge in [0.25, 0.3) is 0 Å². The SMILES string of the molecule is O=C(N[C@@H](Cc1ccc(O)c(O)c1)C(=O)O)OCc1ccccc1. The Kier molecular flexibility index (Phi) is 5.62. The molecule has 24 heavy (non-hydrogen) atoms. The number of carbonyl (C=O) groups excluding carboxylic acids is 1. The number of hydrogen-bond donors (Lipinski definition) is 4. The van der Waals surface area contributed by atoms with Crippen molar-refractivity contribution in [3.05, 3.63) is 59.7 Å². The van der Waals surface area contributed by atoms with E-state index in [0.717, 1.165) is 5.56 Å². The van der Waals surface area contributed by atoms with Crippen LogP contribution in [0.25, 0.3) is 0 Å². The molecule has 0 radical (unpaired) electrons. The van der Waals surface area contributed by atoms with Crippen LogP contribution in [-0.4, -0.2) is 33.4 Å². The summed E-state index contributed by atoms with van der Waals surface area (Å²) in [6.07, 6.45) is -0.918. The first kappa shape index (κ1) is 17.1. The number of ether oxygens (including phenoxy) is 1. The molecule has 0 spiro atoms. The van der Waals surface area contributed by atoms with Crippen molar-refractivity contribution in [2.75, 3.05) is 0 Å². The number of amides is 1. The van der Waals surface area contributed by atoms with Crippen molar-refractivity contribution in [3.63, 3.8) is 0 Å². The predicted octanol–water partition coefficient (Wildman–Crippen LogP) is 2.02. The van der Waals surface area contributed by atoms with Gasteiger partial charge in [0.1, 0.15) is 12.6 Å². The molecule has 1 amide bonds. The Morgan fingerprint density at radius 1 is 1.00 bits per heavy atom. The molecular weight excluding hydrogens is 314 g/mol. The minimum absolute atomic E-state index is 0.0268. The van der Waals surface area contributed by atoms with Gasteiger partial charge >= 0.3 is 12.1 Å². The number of hydrogen-bond acceptors (Lipinski definition) is 5. The molecule has 0 aliphatic heterocycles. The van der Waals surface area contributed by atoms with Gasteiger partial charge in [-0.2, -0.15) is 0 Å². The summed E-state index contributed by atoms with van der Waals surface area (Å²) in [6, 6.07) is 11.7. The van der Waals surface area contributed by atoms with Crippen LogP contribution in [0, 0.1) is 0 Å². The quantitative estimate of drug-likeness (QED) is 0.602. The first-order chi connectivity index (χ1) is 11.5. The van der Waals surface area contributed by atoms with Gasteiger partial charge in [-0.3, -0.25) is 0 Å². The van der Waals surface area contributed by atoms with E-state index in [9.17, 15) is 24.9 Å². The highest BCUT2D eigenvalue weighted by Gasteiger charge is 2.21. The Balaban J connectivity index is 1.93. The molecule has 7 heteroatoms. The van der Waals surface area contributed by atoms with Crippen molar-refractivity contribution < 1.29 is 29.6 Å². The third-order valence-corrected chi connectivity index (χ3v) is 3.28. The first-order valence-electron chi connectivity index (χ1n) is 7.16. The number of alkyl carbamates (subject to hydrolysis) is 1. The van der Waals surface area contributed by atoms with Crippen LogP contribution in [0.5, 0.6) is 11.5 Å². The number of phenolic OH excluding ortho intramolecular Hbond substituents is 2. The Morgan fingerprint density at radius 3 is 2.33 bits per heavy atom. The first-order valence-corrected chi connectivity index (χ1v) is 7.16.